The predicted molar refractivity (Wildman–Crippen MR) is 113 cm³/mol. The third kappa shape index (κ3) is 6.03. The van der Waals surface area contributed by atoms with Crippen LogP contribution in [0.3, 0.4) is 0 Å². The summed E-state index contributed by atoms with van der Waals surface area (Å²) in [5.41, 5.74) is 0.484. The van der Waals surface area contributed by atoms with E-state index < -0.39 is 22.1 Å². The number of aromatic hydroxyl groups is 1. The lowest BCUT2D eigenvalue weighted by Crippen LogP contribution is -2.20. The van der Waals surface area contributed by atoms with Crippen molar-refractivity contribution < 1.29 is 37.4 Å². The molecule has 31 heavy (non-hydrogen) atoms. The zero-order valence-electron chi connectivity index (χ0n) is 16.8. The molecule has 0 saturated carbocycles. The van der Waals surface area contributed by atoms with Crippen molar-refractivity contribution >= 4 is 38.8 Å². The molecule has 1 aromatic heterocycles. The van der Waals surface area contributed by atoms with Crippen LogP contribution in [-0.2, 0) is 26.1 Å². The van der Waals surface area contributed by atoms with E-state index in [2.05, 4.69) is 4.72 Å². The Bertz CT molecular complexity index is 1160. The summed E-state index contributed by atoms with van der Waals surface area (Å²) in [4.78, 5) is 24.5. The molecule has 3 rings (SSSR count). The molecule has 0 amide bonds. The van der Waals surface area contributed by atoms with Crippen LogP contribution >= 0.6 is 0 Å². The van der Waals surface area contributed by atoms with Gasteiger partial charge in [0, 0.05) is 23.4 Å². The molecular formula is C21H23NO8S. The van der Waals surface area contributed by atoms with Crippen LogP contribution in [0.15, 0.2) is 34.8 Å². The van der Waals surface area contributed by atoms with E-state index in [0.717, 1.165) is 6.26 Å². The number of fused-ring (bicyclic) bond motifs is 3. The Morgan fingerprint density at radius 1 is 1.19 bits per heavy atom. The molecule has 0 fully saturated rings. The van der Waals surface area contributed by atoms with Gasteiger partial charge < -0.3 is 19.4 Å². The Labute approximate surface area is 179 Å². The van der Waals surface area contributed by atoms with Gasteiger partial charge in [-0.3, -0.25) is 4.79 Å². The maximum absolute atomic E-state index is 12.7. The molecular weight excluding hydrogens is 426 g/mol. The molecule has 9 nitrogen and oxygen atoms in total. The van der Waals surface area contributed by atoms with Gasteiger partial charge in [0.1, 0.15) is 22.7 Å². The first-order chi connectivity index (χ1) is 14.6. The van der Waals surface area contributed by atoms with Gasteiger partial charge in [-0.15, -0.1) is 0 Å². The summed E-state index contributed by atoms with van der Waals surface area (Å²) in [7, 11) is -3.45. The average Bonchev–Trinajstić information content (AvgIpc) is 3.07. The molecule has 2 heterocycles. The number of carbonyl (C=O) groups is 2. The van der Waals surface area contributed by atoms with Gasteiger partial charge >= 0.3 is 5.97 Å². The molecule has 0 spiro atoms. The highest BCUT2D eigenvalue weighted by Gasteiger charge is 2.22. The molecule has 0 aliphatic carbocycles. The smallest absolute Gasteiger partial charge is 0.342 e. The standard InChI is InChI=1S/C21H23NO8S/c1-31(27,28)22-12-15-10-17-16-7-4-6-14(24)9-13(23)5-2-3-8-29-21(26)20(16)18(25)11-19(17)30-15/h2,4-5,7,10-11,14,22,24-25H,3,6,8-9,12H2,1H3/b5-2-,7-4+/t14-/m0/s1. The van der Waals surface area contributed by atoms with Crippen molar-refractivity contribution in [3.05, 3.63) is 47.2 Å². The van der Waals surface area contributed by atoms with Crippen LogP contribution in [0.1, 0.15) is 40.9 Å². The second kappa shape index (κ2) is 9.46. The Hall–Kier alpha value is -2.95. The fourth-order valence-corrected chi connectivity index (χ4v) is 3.56. The minimum atomic E-state index is -3.45. The number of hydrogen-bond acceptors (Lipinski definition) is 8. The summed E-state index contributed by atoms with van der Waals surface area (Å²) in [6.07, 6.45) is 6.54. The molecule has 1 aliphatic heterocycles. The number of carbonyl (C=O) groups excluding carboxylic acids is 2. The van der Waals surface area contributed by atoms with Gasteiger partial charge in [0.25, 0.3) is 0 Å². The highest BCUT2D eigenvalue weighted by Crippen LogP contribution is 2.34. The molecule has 0 radical (unpaired) electrons. The van der Waals surface area contributed by atoms with E-state index in [0.29, 0.717) is 17.4 Å². The molecule has 3 N–H and O–H groups in total. The number of furan rings is 1. The number of ketones is 1. The number of phenols is 1. The normalized spacial score (nSPS) is 20.6. The number of aliphatic hydroxyl groups is 1. The van der Waals surface area contributed by atoms with Gasteiger partial charge in [0.2, 0.25) is 10.0 Å². The van der Waals surface area contributed by atoms with Crippen molar-refractivity contribution in [2.75, 3.05) is 12.9 Å². The number of rotatable bonds is 3. The van der Waals surface area contributed by atoms with Crippen molar-refractivity contribution in [2.24, 2.45) is 0 Å². The van der Waals surface area contributed by atoms with Crippen LogP contribution < -0.4 is 4.72 Å². The number of hydrogen-bond donors (Lipinski definition) is 3. The molecule has 166 valence electrons. The van der Waals surface area contributed by atoms with Crippen molar-refractivity contribution in [3.63, 3.8) is 0 Å². The van der Waals surface area contributed by atoms with Crippen molar-refractivity contribution in [1.29, 1.82) is 0 Å². The molecule has 1 atom stereocenters. The van der Waals surface area contributed by atoms with E-state index in [1.54, 1.807) is 18.2 Å². The lowest BCUT2D eigenvalue weighted by molar-refractivity contribution is -0.116. The molecule has 0 saturated heterocycles. The number of ether oxygens (including phenoxy) is 1. The van der Waals surface area contributed by atoms with Crippen molar-refractivity contribution in [1.82, 2.24) is 4.72 Å². The maximum atomic E-state index is 12.7. The molecule has 0 bridgehead atoms. The zero-order chi connectivity index (χ0) is 22.6. The lowest BCUT2D eigenvalue weighted by atomic mass is 10.00. The van der Waals surface area contributed by atoms with E-state index in [9.17, 15) is 28.2 Å². The SMILES string of the molecule is CS(=O)(=O)NCc1cc2c3c(c(O)cc2o1)C(=O)OCC/C=C\C(=O)C[C@@H](O)C/C=C/3. The summed E-state index contributed by atoms with van der Waals surface area (Å²) in [5, 5.41) is 21.0. The number of benzene rings is 1. The van der Waals surface area contributed by atoms with Crippen LogP contribution in [-0.4, -0.2) is 49.4 Å². The molecule has 10 heteroatoms. The number of cyclic esters (lactones) is 1. The third-order valence-electron chi connectivity index (χ3n) is 4.56. The fourth-order valence-electron chi connectivity index (χ4n) is 3.15. The Kier molecular flexibility index (Phi) is 6.94. The minimum absolute atomic E-state index is 0.000709. The fraction of sp³-hybridized carbons (Fsp3) is 0.333. The number of sulfonamides is 1. The van der Waals surface area contributed by atoms with E-state index in [1.165, 1.54) is 18.2 Å². The van der Waals surface area contributed by atoms with Gasteiger partial charge in [0.15, 0.2) is 5.78 Å². The monoisotopic (exact) mass is 449 g/mol. The van der Waals surface area contributed by atoms with Crippen LogP contribution in [0.5, 0.6) is 5.75 Å². The van der Waals surface area contributed by atoms with Gasteiger partial charge in [0.05, 0.1) is 25.5 Å². The Morgan fingerprint density at radius 3 is 2.71 bits per heavy atom. The van der Waals surface area contributed by atoms with Gasteiger partial charge in [-0.1, -0.05) is 18.2 Å². The van der Waals surface area contributed by atoms with Crippen LogP contribution in [0, 0.1) is 0 Å². The topological polar surface area (TPSA) is 143 Å². The van der Waals surface area contributed by atoms with E-state index in [4.69, 9.17) is 9.15 Å². The second-order valence-electron chi connectivity index (χ2n) is 7.19. The summed E-state index contributed by atoms with van der Waals surface area (Å²) >= 11 is 0. The first-order valence-corrected chi connectivity index (χ1v) is 11.5. The summed E-state index contributed by atoms with van der Waals surface area (Å²) in [5.74, 6) is -1.06. The quantitative estimate of drug-likeness (QED) is 0.604. The third-order valence-corrected chi connectivity index (χ3v) is 5.23. The van der Waals surface area contributed by atoms with Crippen molar-refractivity contribution in [2.45, 2.75) is 31.9 Å². The summed E-state index contributed by atoms with van der Waals surface area (Å²) in [6.45, 7) is -0.106. The molecule has 1 aliphatic rings. The van der Waals surface area contributed by atoms with Gasteiger partial charge in [-0.05, 0) is 25.0 Å². The van der Waals surface area contributed by atoms with E-state index in [1.807, 2.05) is 0 Å². The number of aliphatic hydroxyl groups excluding tert-OH is 1. The second-order valence-corrected chi connectivity index (χ2v) is 9.02. The van der Waals surface area contributed by atoms with Gasteiger partial charge in [-0.2, -0.15) is 0 Å². The van der Waals surface area contributed by atoms with Crippen LogP contribution in [0.2, 0.25) is 0 Å². The highest BCUT2D eigenvalue weighted by atomic mass is 32.2. The van der Waals surface area contributed by atoms with E-state index in [-0.39, 0.29) is 54.4 Å². The minimum Gasteiger partial charge on any atom is -0.507 e. The highest BCUT2D eigenvalue weighted by molar-refractivity contribution is 7.88. The van der Waals surface area contributed by atoms with E-state index >= 15 is 0 Å². The first-order valence-electron chi connectivity index (χ1n) is 9.58. The van der Waals surface area contributed by atoms with Gasteiger partial charge in [-0.25, -0.2) is 17.9 Å². The predicted octanol–water partition coefficient (Wildman–Crippen LogP) is 2.03. The summed E-state index contributed by atoms with van der Waals surface area (Å²) in [6, 6.07) is 2.83. The molecule has 0 unspecified atom stereocenters. The molecule has 1 aromatic carbocycles. The van der Waals surface area contributed by atoms with Crippen LogP contribution in [0.4, 0.5) is 0 Å². The maximum Gasteiger partial charge on any atom is 0.342 e. The number of phenolic OH excluding ortho intramolecular Hbond substituents is 1. The number of esters is 1. The largest absolute Gasteiger partial charge is 0.507 e. The lowest BCUT2D eigenvalue weighted by Gasteiger charge is -2.11. The van der Waals surface area contributed by atoms with Crippen molar-refractivity contribution in [3.8, 4) is 5.75 Å². The zero-order valence-corrected chi connectivity index (χ0v) is 17.6. The average molecular weight is 449 g/mol. The first kappa shape index (κ1) is 22.7. The van der Waals surface area contributed by atoms with Crippen LogP contribution in [0.25, 0.3) is 17.0 Å². The summed E-state index contributed by atoms with van der Waals surface area (Å²) < 4.78 is 35.9. The Balaban J connectivity index is 2.05. The number of allylic oxidation sites excluding steroid dienone is 1. The molecule has 2 aromatic rings. The Morgan fingerprint density at radius 2 is 1.97 bits per heavy atom. The number of nitrogens with one attached hydrogen (secondary N) is 1.